The first-order chi connectivity index (χ1) is 13.1. The van der Waals surface area contributed by atoms with Crippen LogP contribution in [0.4, 0.5) is 11.6 Å². The highest BCUT2D eigenvalue weighted by atomic mass is 32.2. The Labute approximate surface area is 160 Å². The molecule has 144 valence electrons. The van der Waals surface area contributed by atoms with Crippen LogP contribution in [0.15, 0.2) is 47.6 Å². The second kappa shape index (κ2) is 7.82. The molecule has 8 heteroatoms. The zero-order valence-corrected chi connectivity index (χ0v) is 16.2. The van der Waals surface area contributed by atoms with Crippen molar-refractivity contribution in [3.8, 4) is 0 Å². The van der Waals surface area contributed by atoms with E-state index >= 15 is 0 Å². The Morgan fingerprint density at radius 1 is 0.741 bits per heavy atom. The summed E-state index contributed by atoms with van der Waals surface area (Å²) < 4.78 is 27.1. The third-order valence-electron chi connectivity index (χ3n) is 5.26. The van der Waals surface area contributed by atoms with Gasteiger partial charge >= 0.3 is 0 Å². The zero-order valence-electron chi connectivity index (χ0n) is 15.4. The maximum absolute atomic E-state index is 12.8. The highest BCUT2D eigenvalue weighted by Gasteiger charge is 2.29. The molecule has 0 aliphatic carbocycles. The van der Waals surface area contributed by atoms with E-state index in [-0.39, 0.29) is 0 Å². The van der Waals surface area contributed by atoms with Gasteiger partial charge in [-0.3, -0.25) is 0 Å². The summed E-state index contributed by atoms with van der Waals surface area (Å²) in [5.41, 5.74) is 0. The van der Waals surface area contributed by atoms with Crippen molar-refractivity contribution in [1.82, 2.24) is 14.3 Å². The lowest BCUT2D eigenvalue weighted by molar-refractivity contribution is 0.383. The lowest BCUT2D eigenvalue weighted by Gasteiger charge is -2.35. The van der Waals surface area contributed by atoms with Crippen molar-refractivity contribution < 1.29 is 8.42 Å². The van der Waals surface area contributed by atoms with Gasteiger partial charge in [0.2, 0.25) is 10.0 Å². The highest BCUT2D eigenvalue weighted by molar-refractivity contribution is 7.89. The Balaban J connectivity index is 1.44. The molecule has 0 bridgehead atoms. The molecule has 1 aromatic heterocycles. The Bertz CT molecular complexity index is 861. The van der Waals surface area contributed by atoms with Gasteiger partial charge in [0.05, 0.1) is 4.90 Å². The van der Waals surface area contributed by atoms with E-state index < -0.39 is 10.0 Å². The summed E-state index contributed by atoms with van der Waals surface area (Å²) in [7, 11) is -3.43. The number of rotatable bonds is 4. The van der Waals surface area contributed by atoms with E-state index in [0.29, 0.717) is 31.1 Å². The Kier molecular flexibility index (Phi) is 5.27. The molecular formula is C19H25N5O2S. The summed E-state index contributed by atoms with van der Waals surface area (Å²) >= 11 is 0. The van der Waals surface area contributed by atoms with Gasteiger partial charge in [0.15, 0.2) is 0 Å². The summed E-state index contributed by atoms with van der Waals surface area (Å²) in [4.78, 5) is 13.7. The topological polar surface area (TPSA) is 69.6 Å². The number of sulfonamides is 1. The van der Waals surface area contributed by atoms with E-state index in [1.54, 1.807) is 34.9 Å². The molecule has 2 aliphatic rings. The van der Waals surface area contributed by atoms with Crippen molar-refractivity contribution in [3.63, 3.8) is 0 Å². The molecule has 2 saturated heterocycles. The van der Waals surface area contributed by atoms with E-state index in [9.17, 15) is 8.42 Å². The Hall–Kier alpha value is -2.19. The third kappa shape index (κ3) is 3.91. The fraction of sp³-hybridized carbons (Fsp3) is 0.474. The molecule has 0 radical (unpaired) electrons. The first-order valence-electron chi connectivity index (χ1n) is 9.52. The number of piperazine rings is 1. The van der Waals surface area contributed by atoms with Gasteiger partial charge in [-0.05, 0) is 31.4 Å². The van der Waals surface area contributed by atoms with E-state index in [0.717, 1.165) is 24.7 Å². The van der Waals surface area contributed by atoms with Gasteiger partial charge in [0.1, 0.15) is 18.0 Å². The van der Waals surface area contributed by atoms with Crippen LogP contribution in [-0.2, 0) is 10.0 Å². The molecule has 0 atom stereocenters. The molecule has 2 aliphatic heterocycles. The Morgan fingerprint density at radius 2 is 1.33 bits per heavy atom. The summed E-state index contributed by atoms with van der Waals surface area (Å²) in [6.07, 6.45) is 5.31. The standard InChI is InChI=1S/C19H25N5O2S/c25-27(26,17-7-3-1-4-8-17)24-13-11-23(12-14-24)19-15-18(20-16-21-19)22-9-5-2-6-10-22/h1,3-4,7-8,15-16H,2,5-6,9-14H2. The molecule has 4 rings (SSSR count). The molecule has 0 N–H and O–H groups in total. The molecular weight excluding hydrogens is 362 g/mol. The predicted octanol–water partition coefficient (Wildman–Crippen LogP) is 1.98. The van der Waals surface area contributed by atoms with Gasteiger partial charge in [-0.2, -0.15) is 4.31 Å². The average molecular weight is 388 g/mol. The fourth-order valence-electron chi connectivity index (χ4n) is 3.71. The van der Waals surface area contributed by atoms with E-state index in [1.807, 2.05) is 12.1 Å². The monoisotopic (exact) mass is 387 g/mol. The summed E-state index contributed by atoms with van der Waals surface area (Å²) in [6.45, 7) is 4.25. The third-order valence-corrected chi connectivity index (χ3v) is 7.17. The highest BCUT2D eigenvalue weighted by Crippen LogP contribution is 2.23. The first-order valence-corrected chi connectivity index (χ1v) is 11.0. The van der Waals surface area contributed by atoms with Crippen LogP contribution in [0.1, 0.15) is 19.3 Å². The molecule has 2 fully saturated rings. The van der Waals surface area contributed by atoms with Crippen molar-refractivity contribution in [2.75, 3.05) is 49.1 Å². The second-order valence-electron chi connectivity index (χ2n) is 6.99. The van der Waals surface area contributed by atoms with Gasteiger partial charge in [-0.1, -0.05) is 18.2 Å². The second-order valence-corrected chi connectivity index (χ2v) is 8.92. The summed E-state index contributed by atoms with van der Waals surface area (Å²) in [5.74, 6) is 1.85. The lowest BCUT2D eigenvalue weighted by atomic mass is 10.1. The van der Waals surface area contributed by atoms with Crippen molar-refractivity contribution in [2.45, 2.75) is 24.2 Å². The SMILES string of the molecule is O=S(=O)(c1ccccc1)N1CCN(c2cc(N3CCCCC3)ncn2)CC1. The maximum atomic E-state index is 12.8. The predicted molar refractivity (Wildman–Crippen MR) is 106 cm³/mol. The minimum atomic E-state index is -3.43. The summed E-state index contributed by atoms with van der Waals surface area (Å²) in [6, 6.07) is 10.7. The average Bonchev–Trinajstić information content (AvgIpc) is 2.75. The minimum absolute atomic E-state index is 0.355. The van der Waals surface area contributed by atoms with Crippen molar-refractivity contribution >= 4 is 21.7 Å². The number of aromatic nitrogens is 2. The van der Waals surface area contributed by atoms with Crippen LogP contribution in [0.5, 0.6) is 0 Å². The van der Waals surface area contributed by atoms with Crippen molar-refractivity contribution in [1.29, 1.82) is 0 Å². The zero-order chi connectivity index (χ0) is 18.7. The molecule has 2 aromatic rings. The normalized spacial score (nSPS) is 19.3. The molecule has 3 heterocycles. The van der Waals surface area contributed by atoms with Gasteiger partial charge in [-0.25, -0.2) is 18.4 Å². The number of hydrogen-bond donors (Lipinski definition) is 0. The molecule has 0 saturated carbocycles. The minimum Gasteiger partial charge on any atom is -0.356 e. The molecule has 7 nitrogen and oxygen atoms in total. The molecule has 0 spiro atoms. The van der Waals surface area contributed by atoms with Crippen LogP contribution in [0.3, 0.4) is 0 Å². The van der Waals surface area contributed by atoms with Gasteiger partial charge in [0.25, 0.3) is 0 Å². The van der Waals surface area contributed by atoms with Crippen LogP contribution in [0.25, 0.3) is 0 Å². The van der Waals surface area contributed by atoms with Crippen LogP contribution in [0, 0.1) is 0 Å². The number of piperidine rings is 1. The van der Waals surface area contributed by atoms with Gasteiger partial charge < -0.3 is 9.80 Å². The quantitative estimate of drug-likeness (QED) is 0.799. The van der Waals surface area contributed by atoms with Crippen LogP contribution in [0.2, 0.25) is 0 Å². The lowest BCUT2D eigenvalue weighted by Crippen LogP contribution is -2.49. The smallest absolute Gasteiger partial charge is 0.243 e. The van der Waals surface area contributed by atoms with Crippen LogP contribution < -0.4 is 9.80 Å². The first kappa shape index (κ1) is 18.2. The Morgan fingerprint density at radius 3 is 1.96 bits per heavy atom. The molecule has 0 amide bonds. The van der Waals surface area contributed by atoms with Crippen LogP contribution in [-0.4, -0.2) is 62.0 Å². The number of anilines is 2. The van der Waals surface area contributed by atoms with Gasteiger partial charge in [-0.15, -0.1) is 0 Å². The van der Waals surface area contributed by atoms with Crippen molar-refractivity contribution in [3.05, 3.63) is 42.7 Å². The largest absolute Gasteiger partial charge is 0.356 e. The number of benzene rings is 1. The number of hydrogen-bond acceptors (Lipinski definition) is 6. The van der Waals surface area contributed by atoms with E-state index in [1.165, 1.54) is 19.3 Å². The van der Waals surface area contributed by atoms with Crippen molar-refractivity contribution in [2.24, 2.45) is 0 Å². The van der Waals surface area contributed by atoms with E-state index in [4.69, 9.17) is 0 Å². The number of nitrogens with zero attached hydrogens (tertiary/aromatic N) is 5. The van der Waals surface area contributed by atoms with E-state index in [2.05, 4.69) is 19.8 Å². The molecule has 27 heavy (non-hydrogen) atoms. The maximum Gasteiger partial charge on any atom is 0.243 e. The van der Waals surface area contributed by atoms with Crippen LogP contribution >= 0.6 is 0 Å². The molecule has 1 aromatic carbocycles. The fourth-order valence-corrected chi connectivity index (χ4v) is 5.15. The summed E-state index contributed by atoms with van der Waals surface area (Å²) in [5, 5.41) is 0. The van der Waals surface area contributed by atoms with Gasteiger partial charge in [0, 0.05) is 45.3 Å². The molecule has 0 unspecified atom stereocenters.